The summed E-state index contributed by atoms with van der Waals surface area (Å²) >= 11 is 0. The summed E-state index contributed by atoms with van der Waals surface area (Å²) in [5, 5.41) is 14.4. The van der Waals surface area contributed by atoms with E-state index in [0.717, 1.165) is 34.4 Å². The Labute approximate surface area is 195 Å². The third kappa shape index (κ3) is 2.34. The molecule has 4 atom stereocenters. The van der Waals surface area contributed by atoms with Crippen LogP contribution in [0.1, 0.15) is 35.1 Å². The number of nitrogens with zero attached hydrogens (tertiary/aromatic N) is 3. The quantitative estimate of drug-likeness (QED) is 0.419. The lowest BCUT2D eigenvalue weighted by Crippen LogP contribution is -2.54. The van der Waals surface area contributed by atoms with Crippen LogP contribution in [0.5, 0.6) is 0 Å². The number of amides is 3. The Morgan fingerprint density at radius 1 is 1.06 bits per heavy atom. The first-order valence-corrected chi connectivity index (χ1v) is 11.5. The van der Waals surface area contributed by atoms with E-state index in [0.29, 0.717) is 17.8 Å². The molecule has 2 aromatic carbocycles. The minimum Gasteiger partial charge on any atom is -0.324 e. The predicted molar refractivity (Wildman–Crippen MR) is 123 cm³/mol. The number of imide groups is 1. The monoisotopic (exact) mass is 460 g/mol. The topological polar surface area (TPSA) is 113 Å². The standard InChI is InChI=1S/C25H24N4O5/c1-12-9-14(3)21-16(10-12)25(24(32)26-21)20-19(17-5-4-8-27(17)25)22(30)28(23(20)31)18-11-15(29(33)34)7-6-13(18)2/h6-7,9-11,17,19-20H,4-5,8H2,1-3H3,(H,26,32)/t17-,19+,20+,25-/m1/s1. The first kappa shape index (κ1) is 21.0. The van der Waals surface area contributed by atoms with Gasteiger partial charge in [0.1, 0.15) is 5.54 Å². The van der Waals surface area contributed by atoms with Crippen molar-refractivity contribution in [1.29, 1.82) is 0 Å². The Kier molecular flexibility index (Phi) is 4.15. The third-order valence-electron chi connectivity index (χ3n) is 8.09. The number of benzene rings is 2. The van der Waals surface area contributed by atoms with Crippen molar-refractivity contribution in [2.45, 2.75) is 45.2 Å². The molecule has 0 unspecified atom stereocenters. The maximum absolute atomic E-state index is 14.1. The highest BCUT2D eigenvalue weighted by atomic mass is 16.6. The maximum atomic E-state index is 14.1. The summed E-state index contributed by atoms with van der Waals surface area (Å²) in [5.74, 6) is -2.67. The summed E-state index contributed by atoms with van der Waals surface area (Å²) in [6.45, 7) is 6.24. The molecular weight excluding hydrogens is 436 g/mol. The SMILES string of the molecule is Cc1cc(C)c2c(c1)[C@]1(C(=O)N2)[C@@H]2C(=O)N(c3cc([N+](=O)[O-])ccc3C)C(=O)[C@H]2[C@H]2CCCN21. The van der Waals surface area contributed by atoms with Gasteiger partial charge in [-0.25, -0.2) is 4.90 Å². The van der Waals surface area contributed by atoms with E-state index in [1.165, 1.54) is 12.1 Å². The third-order valence-corrected chi connectivity index (χ3v) is 8.09. The van der Waals surface area contributed by atoms with E-state index in [9.17, 15) is 24.5 Å². The summed E-state index contributed by atoms with van der Waals surface area (Å²) < 4.78 is 0. The lowest BCUT2D eigenvalue weighted by atomic mass is 9.75. The average molecular weight is 460 g/mol. The van der Waals surface area contributed by atoms with Gasteiger partial charge in [-0.3, -0.25) is 29.4 Å². The zero-order valence-corrected chi connectivity index (χ0v) is 19.1. The Morgan fingerprint density at radius 2 is 1.82 bits per heavy atom. The first-order chi connectivity index (χ1) is 16.2. The lowest BCUT2D eigenvalue weighted by Gasteiger charge is -2.37. The molecule has 34 heavy (non-hydrogen) atoms. The minimum absolute atomic E-state index is 0.189. The van der Waals surface area contributed by atoms with Gasteiger partial charge in [0.25, 0.3) is 5.69 Å². The smallest absolute Gasteiger partial charge is 0.271 e. The number of nitro benzene ring substituents is 1. The van der Waals surface area contributed by atoms with Crippen LogP contribution in [-0.4, -0.2) is 40.1 Å². The zero-order chi connectivity index (χ0) is 24.1. The van der Waals surface area contributed by atoms with Gasteiger partial charge in [-0.1, -0.05) is 23.8 Å². The first-order valence-electron chi connectivity index (χ1n) is 11.5. The second kappa shape index (κ2) is 6.73. The molecule has 4 heterocycles. The van der Waals surface area contributed by atoms with Crippen molar-refractivity contribution in [1.82, 2.24) is 4.90 Å². The van der Waals surface area contributed by atoms with Crippen molar-refractivity contribution < 1.29 is 19.3 Å². The lowest BCUT2D eigenvalue weighted by molar-refractivity contribution is -0.384. The van der Waals surface area contributed by atoms with Crippen molar-refractivity contribution in [3.63, 3.8) is 0 Å². The fourth-order valence-corrected chi connectivity index (χ4v) is 6.85. The second-order valence-corrected chi connectivity index (χ2v) is 9.87. The van der Waals surface area contributed by atoms with E-state index >= 15 is 0 Å². The number of nitrogens with one attached hydrogen (secondary N) is 1. The Balaban J connectivity index is 1.57. The summed E-state index contributed by atoms with van der Waals surface area (Å²) in [5.41, 5.74) is 2.74. The molecule has 0 radical (unpaired) electrons. The number of nitro groups is 1. The molecule has 9 heteroatoms. The van der Waals surface area contributed by atoms with Gasteiger partial charge in [0.2, 0.25) is 17.7 Å². The summed E-state index contributed by atoms with van der Waals surface area (Å²) in [4.78, 5) is 55.7. The van der Waals surface area contributed by atoms with E-state index < -0.39 is 28.2 Å². The van der Waals surface area contributed by atoms with E-state index in [1.54, 1.807) is 13.0 Å². The number of anilines is 2. The van der Waals surface area contributed by atoms with Crippen LogP contribution < -0.4 is 10.2 Å². The van der Waals surface area contributed by atoms with E-state index in [4.69, 9.17) is 0 Å². The highest BCUT2D eigenvalue weighted by Crippen LogP contribution is 2.61. The Hall–Kier alpha value is -3.59. The van der Waals surface area contributed by atoms with Crippen molar-refractivity contribution in [2.75, 3.05) is 16.8 Å². The molecule has 0 saturated carbocycles. The molecule has 0 aliphatic carbocycles. The molecular formula is C25H24N4O5. The molecule has 1 N–H and O–H groups in total. The van der Waals surface area contributed by atoms with Gasteiger partial charge < -0.3 is 5.32 Å². The second-order valence-electron chi connectivity index (χ2n) is 9.87. The molecule has 6 rings (SSSR count). The van der Waals surface area contributed by atoms with E-state index in [2.05, 4.69) is 10.2 Å². The highest BCUT2D eigenvalue weighted by Gasteiger charge is 2.74. The number of hydrogen-bond donors (Lipinski definition) is 1. The molecule has 174 valence electrons. The van der Waals surface area contributed by atoms with Crippen molar-refractivity contribution in [3.8, 4) is 0 Å². The van der Waals surface area contributed by atoms with Crippen molar-refractivity contribution in [3.05, 3.63) is 62.7 Å². The highest BCUT2D eigenvalue weighted by molar-refractivity contribution is 6.26. The maximum Gasteiger partial charge on any atom is 0.271 e. The molecule has 1 spiro atoms. The van der Waals surface area contributed by atoms with Gasteiger partial charge in [0, 0.05) is 29.4 Å². The summed E-state index contributed by atoms with van der Waals surface area (Å²) in [6.07, 6.45) is 1.55. The largest absolute Gasteiger partial charge is 0.324 e. The van der Waals surface area contributed by atoms with Gasteiger partial charge in [0.15, 0.2) is 0 Å². The molecule has 4 aliphatic rings. The molecule has 3 fully saturated rings. The average Bonchev–Trinajstić information content (AvgIpc) is 3.48. The fraction of sp³-hybridized carbons (Fsp3) is 0.400. The zero-order valence-electron chi connectivity index (χ0n) is 19.1. The molecule has 9 nitrogen and oxygen atoms in total. The number of fused-ring (bicyclic) bond motifs is 7. The van der Waals surface area contributed by atoms with Gasteiger partial charge in [-0.2, -0.15) is 0 Å². The van der Waals surface area contributed by atoms with Gasteiger partial charge >= 0.3 is 0 Å². The number of aryl methyl sites for hydroxylation is 3. The minimum atomic E-state index is -1.26. The van der Waals surface area contributed by atoms with Gasteiger partial charge in [-0.15, -0.1) is 0 Å². The molecule has 0 aromatic heterocycles. The van der Waals surface area contributed by atoms with Crippen LogP contribution in [0.4, 0.5) is 17.1 Å². The molecule has 2 aromatic rings. The number of non-ortho nitro benzene ring substituents is 1. The van der Waals surface area contributed by atoms with Crippen molar-refractivity contribution in [2.24, 2.45) is 11.8 Å². The van der Waals surface area contributed by atoms with Gasteiger partial charge in [-0.05, 0) is 51.3 Å². The van der Waals surface area contributed by atoms with Crippen LogP contribution in [0.3, 0.4) is 0 Å². The fourth-order valence-electron chi connectivity index (χ4n) is 6.85. The van der Waals surface area contributed by atoms with Crippen LogP contribution in [0, 0.1) is 42.7 Å². The summed E-state index contributed by atoms with van der Waals surface area (Å²) in [6, 6.07) is 7.90. The Morgan fingerprint density at radius 3 is 2.56 bits per heavy atom. The van der Waals surface area contributed by atoms with Crippen LogP contribution in [-0.2, 0) is 19.9 Å². The van der Waals surface area contributed by atoms with E-state index in [1.807, 2.05) is 26.0 Å². The van der Waals surface area contributed by atoms with E-state index in [-0.39, 0.29) is 29.2 Å². The normalized spacial score (nSPS) is 29.6. The Bertz CT molecular complexity index is 1340. The molecule has 0 bridgehead atoms. The van der Waals surface area contributed by atoms with Crippen LogP contribution in [0.15, 0.2) is 30.3 Å². The van der Waals surface area contributed by atoms with Gasteiger partial charge in [0.05, 0.1) is 22.4 Å². The number of carbonyl (C=O) groups excluding carboxylic acids is 3. The van der Waals surface area contributed by atoms with Crippen LogP contribution >= 0.6 is 0 Å². The van der Waals surface area contributed by atoms with Crippen molar-refractivity contribution >= 4 is 34.8 Å². The molecule has 3 amide bonds. The number of hydrogen-bond acceptors (Lipinski definition) is 6. The van der Waals surface area contributed by atoms with Crippen LogP contribution in [0.2, 0.25) is 0 Å². The van der Waals surface area contributed by atoms with Crippen LogP contribution in [0.25, 0.3) is 0 Å². The molecule has 3 saturated heterocycles. The number of rotatable bonds is 2. The molecule has 4 aliphatic heterocycles. The summed E-state index contributed by atoms with van der Waals surface area (Å²) in [7, 11) is 0. The predicted octanol–water partition coefficient (Wildman–Crippen LogP) is 2.95. The number of carbonyl (C=O) groups is 3.